The zero-order valence-corrected chi connectivity index (χ0v) is 12.6. The van der Waals surface area contributed by atoms with Gasteiger partial charge in [0.05, 0.1) is 0 Å². The van der Waals surface area contributed by atoms with Crippen LogP contribution < -0.4 is 10.6 Å². The first kappa shape index (κ1) is 16.1. The van der Waals surface area contributed by atoms with Crippen molar-refractivity contribution in [2.45, 2.75) is 32.4 Å². The van der Waals surface area contributed by atoms with Gasteiger partial charge in [-0.05, 0) is 6.42 Å². The average Bonchev–Trinajstić information content (AvgIpc) is 3.05. The minimum absolute atomic E-state index is 0.0627. The van der Waals surface area contributed by atoms with E-state index in [0.717, 1.165) is 29.1 Å². The van der Waals surface area contributed by atoms with Crippen molar-refractivity contribution in [1.29, 1.82) is 0 Å². The smallest absolute Gasteiger partial charge is 0.347 e. The fourth-order valence-electron chi connectivity index (χ4n) is 1.81. The van der Waals surface area contributed by atoms with Crippen LogP contribution in [0.3, 0.4) is 0 Å². The Morgan fingerprint density at radius 1 is 1.45 bits per heavy atom. The fraction of sp³-hybridized carbons (Fsp3) is 0.545. The van der Waals surface area contributed by atoms with Crippen LogP contribution in [0.2, 0.25) is 0 Å². The molecule has 1 unspecified atom stereocenters. The number of aromatic nitrogens is 2. The summed E-state index contributed by atoms with van der Waals surface area (Å²) in [6.07, 6.45) is -0.00832. The van der Waals surface area contributed by atoms with Gasteiger partial charge in [0.2, 0.25) is 5.13 Å². The lowest BCUT2D eigenvalue weighted by molar-refractivity contribution is -0.172. The summed E-state index contributed by atoms with van der Waals surface area (Å²) in [7, 11) is 0. The van der Waals surface area contributed by atoms with Gasteiger partial charge < -0.3 is 15.3 Å². The van der Waals surface area contributed by atoms with Gasteiger partial charge in [-0.25, -0.2) is 9.59 Å². The van der Waals surface area contributed by atoms with E-state index in [1.165, 1.54) is 5.51 Å². The summed E-state index contributed by atoms with van der Waals surface area (Å²) < 4.78 is 5.37. The number of nitrogens with two attached hydrogens (primary N) is 1. The van der Waals surface area contributed by atoms with E-state index in [4.69, 9.17) is 10.5 Å². The lowest BCUT2D eigenvalue weighted by atomic mass is 10.3. The summed E-state index contributed by atoms with van der Waals surface area (Å²) >= 11 is 0.991. The quantitative estimate of drug-likeness (QED) is 0.580. The number of hydroxylamine groups is 2. The molecular formula is C11H15N5O5S. The first-order chi connectivity index (χ1) is 10.6. The highest BCUT2D eigenvalue weighted by molar-refractivity contribution is 7.13. The van der Waals surface area contributed by atoms with Crippen molar-refractivity contribution in [3.8, 4) is 0 Å². The molecule has 1 aromatic heterocycles. The van der Waals surface area contributed by atoms with Crippen molar-refractivity contribution in [1.82, 2.24) is 15.3 Å². The standard InChI is InChI=1S/C11H15N5O5S/c1-2-3-4-5-20-8-7(17)15(10-14-13-6-22-10)11(19)16(8)21-9(12)18/h6,8H,2-5H2,1H3,(H2,12,18). The largest absolute Gasteiger partial charge is 0.429 e. The molecule has 1 atom stereocenters. The maximum atomic E-state index is 12.3. The van der Waals surface area contributed by atoms with E-state index in [1.807, 2.05) is 6.92 Å². The zero-order valence-electron chi connectivity index (χ0n) is 11.8. The second-order valence-corrected chi connectivity index (χ2v) is 5.16. The predicted molar refractivity (Wildman–Crippen MR) is 74.6 cm³/mol. The van der Waals surface area contributed by atoms with Gasteiger partial charge in [-0.15, -0.1) is 15.3 Å². The monoisotopic (exact) mass is 329 g/mol. The van der Waals surface area contributed by atoms with Crippen LogP contribution in [-0.2, 0) is 14.4 Å². The predicted octanol–water partition coefficient (Wildman–Crippen LogP) is 0.850. The van der Waals surface area contributed by atoms with E-state index >= 15 is 0 Å². The summed E-state index contributed by atoms with van der Waals surface area (Å²) in [6, 6.07) is -0.902. The van der Waals surface area contributed by atoms with Crippen molar-refractivity contribution in [3.05, 3.63) is 5.51 Å². The highest BCUT2D eigenvalue weighted by Gasteiger charge is 2.50. The number of urea groups is 1. The Morgan fingerprint density at radius 2 is 2.23 bits per heavy atom. The van der Waals surface area contributed by atoms with Crippen LogP contribution in [0, 0.1) is 0 Å². The van der Waals surface area contributed by atoms with E-state index < -0.39 is 24.3 Å². The van der Waals surface area contributed by atoms with Gasteiger partial charge in [-0.1, -0.05) is 31.1 Å². The summed E-state index contributed by atoms with van der Waals surface area (Å²) in [5.74, 6) is -0.709. The van der Waals surface area contributed by atoms with Crippen LogP contribution in [-0.4, -0.2) is 46.1 Å². The van der Waals surface area contributed by atoms with Crippen LogP contribution in [0.4, 0.5) is 14.7 Å². The van der Waals surface area contributed by atoms with Gasteiger partial charge >= 0.3 is 12.1 Å². The van der Waals surface area contributed by atoms with E-state index in [1.54, 1.807) is 0 Å². The van der Waals surface area contributed by atoms with Gasteiger partial charge in [0.25, 0.3) is 12.1 Å². The van der Waals surface area contributed by atoms with E-state index in [0.29, 0.717) is 11.5 Å². The lowest BCUT2D eigenvalue weighted by Crippen LogP contribution is -2.40. The normalized spacial score (nSPS) is 18.1. The molecule has 4 amide bonds. The number of imide groups is 1. The van der Waals surface area contributed by atoms with Gasteiger partial charge in [-0.2, -0.15) is 4.90 Å². The minimum atomic E-state index is -1.37. The first-order valence-corrected chi connectivity index (χ1v) is 7.46. The van der Waals surface area contributed by atoms with Gasteiger partial charge in [0.1, 0.15) is 5.51 Å². The summed E-state index contributed by atoms with van der Waals surface area (Å²) in [4.78, 5) is 40.8. The van der Waals surface area contributed by atoms with Crippen molar-refractivity contribution in [3.63, 3.8) is 0 Å². The number of primary amides is 1. The molecule has 1 fully saturated rings. The summed E-state index contributed by atoms with van der Waals surface area (Å²) in [5.41, 5.74) is 6.28. The van der Waals surface area contributed by atoms with Gasteiger partial charge in [0, 0.05) is 6.61 Å². The number of hydrogen-bond acceptors (Lipinski definition) is 8. The van der Waals surface area contributed by atoms with E-state index in [-0.39, 0.29) is 11.7 Å². The molecule has 10 nitrogen and oxygen atoms in total. The average molecular weight is 329 g/mol. The molecule has 1 saturated heterocycles. The summed E-state index contributed by atoms with van der Waals surface area (Å²) in [6.45, 7) is 2.25. The molecule has 2 N–H and O–H groups in total. The Labute approximate surface area is 129 Å². The van der Waals surface area contributed by atoms with Crippen LogP contribution >= 0.6 is 11.3 Å². The molecule has 120 valence electrons. The topological polar surface area (TPSA) is 128 Å². The van der Waals surface area contributed by atoms with Crippen LogP contribution in [0.5, 0.6) is 0 Å². The SMILES string of the molecule is CCCCCOC1C(=O)N(c2nncs2)C(=O)N1OC(N)=O. The highest BCUT2D eigenvalue weighted by atomic mass is 32.1. The third-order valence-electron chi connectivity index (χ3n) is 2.78. The molecule has 2 rings (SSSR count). The molecule has 22 heavy (non-hydrogen) atoms. The zero-order chi connectivity index (χ0) is 16.1. The number of anilines is 1. The molecule has 11 heteroatoms. The number of carbonyl (C=O) groups excluding carboxylic acids is 3. The molecular weight excluding hydrogens is 314 g/mol. The molecule has 1 aromatic rings. The van der Waals surface area contributed by atoms with E-state index in [2.05, 4.69) is 15.0 Å². The Balaban J connectivity index is 2.15. The number of nitrogens with zero attached hydrogens (tertiary/aromatic N) is 4. The second kappa shape index (κ2) is 7.13. The Morgan fingerprint density at radius 3 is 2.82 bits per heavy atom. The van der Waals surface area contributed by atoms with Crippen molar-refractivity contribution in [2.75, 3.05) is 11.5 Å². The Kier molecular flexibility index (Phi) is 5.22. The third-order valence-corrected chi connectivity index (χ3v) is 3.45. The van der Waals surface area contributed by atoms with Gasteiger partial charge in [-0.3, -0.25) is 4.79 Å². The van der Waals surface area contributed by atoms with Gasteiger partial charge in [0.15, 0.2) is 0 Å². The van der Waals surface area contributed by atoms with Crippen molar-refractivity contribution >= 4 is 34.5 Å². The number of carbonyl (C=O) groups is 3. The van der Waals surface area contributed by atoms with Crippen LogP contribution in [0.25, 0.3) is 0 Å². The van der Waals surface area contributed by atoms with Crippen molar-refractivity contribution in [2.24, 2.45) is 5.73 Å². The molecule has 0 aromatic carbocycles. The van der Waals surface area contributed by atoms with Crippen molar-refractivity contribution < 1.29 is 24.0 Å². The maximum Gasteiger partial charge on any atom is 0.429 e. The van der Waals surface area contributed by atoms with Crippen LogP contribution in [0.15, 0.2) is 5.51 Å². The molecule has 0 radical (unpaired) electrons. The maximum absolute atomic E-state index is 12.3. The Bertz CT molecular complexity index is 551. The molecule has 1 aliphatic rings. The number of ether oxygens (including phenoxy) is 1. The highest BCUT2D eigenvalue weighted by Crippen LogP contribution is 2.27. The second-order valence-electron chi connectivity index (χ2n) is 4.34. The molecule has 0 saturated carbocycles. The molecule has 0 bridgehead atoms. The number of rotatable bonds is 7. The summed E-state index contributed by atoms with van der Waals surface area (Å²) in [5, 5.41) is 7.79. The van der Waals surface area contributed by atoms with Crippen LogP contribution in [0.1, 0.15) is 26.2 Å². The number of unbranched alkanes of at least 4 members (excludes halogenated alkanes) is 2. The number of hydrogen-bond donors (Lipinski definition) is 1. The molecule has 2 heterocycles. The molecule has 0 aliphatic carbocycles. The first-order valence-electron chi connectivity index (χ1n) is 6.58. The Hall–Kier alpha value is -2.27. The third kappa shape index (κ3) is 3.31. The minimum Gasteiger partial charge on any atom is -0.347 e. The molecule has 1 aliphatic heterocycles. The lowest BCUT2D eigenvalue weighted by Gasteiger charge is -2.18. The van der Waals surface area contributed by atoms with E-state index in [9.17, 15) is 14.4 Å². The fourth-order valence-corrected chi connectivity index (χ4v) is 2.37. The number of amides is 4. The molecule has 0 spiro atoms.